The fourth-order valence-corrected chi connectivity index (χ4v) is 6.00. The third kappa shape index (κ3) is 4.62. The molecule has 0 saturated carbocycles. The van der Waals surface area contributed by atoms with Gasteiger partial charge in [-0.15, -0.1) is 0 Å². The van der Waals surface area contributed by atoms with E-state index in [1.54, 1.807) is 11.1 Å². The Morgan fingerprint density at radius 3 is 2.66 bits per heavy atom. The van der Waals surface area contributed by atoms with Crippen LogP contribution in [0.1, 0.15) is 65.6 Å². The molecular formula is C29H32N6O3. The quantitative estimate of drug-likeness (QED) is 0.510. The van der Waals surface area contributed by atoms with Crippen LogP contribution in [-0.2, 0) is 29.2 Å². The number of benzene rings is 1. The fraction of sp³-hybridized carbons (Fsp3) is 0.414. The second-order valence-electron chi connectivity index (χ2n) is 10.5. The van der Waals surface area contributed by atoms with E-state index >= 15 is 0 Å². The minimum Gasteiger partial charge on any atom is -0.322 e. The van der Waals surface area contributed by atoms with Crippen molar-refractivity contribution >= 4 is 17.7 Å². The predicted molar refractivity (Wildman–Crippen MR) is 141 cm³/mol. The summed E-state index contributed by atoms with van der Waals surface area (Å²) < 4.78 is 1.99. The largest absolute Gasteiger partial charge is 0.322 e. The van der Waals surface area contributed by atoms with Crippen molar-refractivity contribution in [3.8, 4) is 11.3 Å². The van der Waals surface area contributed by atoms with E-state index < -0.39 is 6.04 Å². The first-order valence-corrected chi connectivity index (χ1v) is 13.5. The number of hydrogen-bond acceptors (Lipinski definition) is 6. The van der Waals surface area contributed by atoms with Gasteiger partial charge in [-0.2, -0.15) is 5.10 Å². The molecule has 196 valence electrons. The van der Waals surface area contributed by atoms with Crippen molar-refractivity contribution in [2.24, 2.45) is 0 Å². The summed E-state index contributed by atoms with van der Waals surface area (Å²) in [6.45, 7) is 6.20. The summed E-state index contributed by atoms with van der Waals surface area (Å²) in [7, 11) is 0. The molecule has 5 heterocycles. The Labute approximate surface area is 221 Å². The Hall–Kier alpha value is -3.85. The Morgan fingerprint density at radius 1 is 1.08 bits per heavy atom. The molecule has 2 saturated heterocycles. The van der Waals surface area contributed by atoms with Crippen molar-refractivity contribution in [2.45, 2.75) is 64.2 Å². The summed E-state index contributed by atoms with van der Waals surface area (Å²) >= 11 is 0. The van der Waals surface area contributed by atoms with Crippen molar-refractivity contribution in [3.05, 3.63) is 71.2 Å². The van der Waals surface area contributed by atoms with E-state index in [-0.39, 0.29) is 24.1 Å². The van der Waals surface area contributed by atoms with Crippen molar-refractivity contribution in [1.82, 2.24) is 29.9 Å². The smallest absolute Gasteiger partial charge is 0.255 e. The molecule has 1 N–H and O–H groups in total. The molecule has 1 unspecified atom stereocenters. The van der Waals surface area contributed by atoms with Crippen molar-refractivity contribution in [3.63, 3.8) is 0 Å². The van der Waals surface area contributed by atoms with E-state index in [4.69, 9.17) is 5.10 Å². The summed E-state index contributed by atoms with van der Waals surface area (Å²) in [4.78, 5) is 45.3. The Balaban J connectivity index is 1.11. The number of imide groups is 1. The number of likely N-dealkylation sites (tertiary alicyclic amines) is 1. The molecule has 6 rings (SSSR count). The zero-order valence-corrected chi connectivity index (χ0v) is 21.6. The minimum atomic E-state index is -0.576. The SMILES string of the molecule is CCn1cc(CN2CCC(c3ccc4c(c3)CN(C3CCC(=O)NC3=O)C4=O)CC2)c(-c2cccnc2)n1. The van der Waals surface area contributed by atoms with Crippen LogP contribution in [0.3, 0.4) is 0 Å². The van der Waals surface area contributed by atoms with Crippen LogP contribution in [0, 0.1) is 0 Å². The second kappa shape index (κ2) is 10.1. The third-order valence-electron chi connectivity index (χ3n) is 8.10. The van der Waals surface area contributed by atoms with Crippen LogP contribution < -0.4 is 5.32 Å². The Kier molecular flexibility index (Phi) is 6.53. The second-order valence-corrected chi connectivity index (χ2v) is 10.5. The average Bonchev–Trinajstić information content (AvgIpc) is 3.50. The van der Waals surface area contributed by atoms with Crippen LogP contribution in [-0.4, -0.2) is 61.4 Å². The summed E-state index contributed by atoms with van der Waals surface area (Å²) in [5.74, 6) is -0.317. The lowest BCUT2D eigenvalue weighted by atomic mass is 9.87. The molecule has 9 nitrogen and oxygen atoms in total. The average molecular weight is 513 g/mol. The maximum Gasteiger partial charge on any atom is 0.255 e. The Bertz CT molecular complexity index is 1380. The van der Waals surface area contributed by atoms with Crippen LogP contribution in [0.15, 0.2) is 48.9 Å². The first-order chi connectivity index (χ1) is 18.5. The van der Waals surface area contributed by atoms with Gasteiger partial charge in [0.05, 0.1) is 5.69 Å². The van der Waals surface area contributed by atoms with Gasteiger partial charge in [-0.1, -0.05) is 12.1 Å². The van der Waals surface area contributed by atoms with Gasteiger partial charge < -0.3 is 4.90 Å². The molecule has 3 amide bonds. The molecule has 1 aromatic carbocycles. The Morgan fingerprint density at radius 2 is 1.92 bits per heavy atom. The highest BCUT2D eigenvalue weighted by Gasteiger charge is 2.39. The standard InChI is InChI=1S/C29H32N6O3/c1-2-34-17-23(27(32-34)21-4-3-11-30-15-21)16-33-12-9-19(10-13-33)20-5-6-24-22(14-20)18-35(29(24)38)25-7-8-26(36)31-28(25)37/h3-6,11,14-15,17,19,25H,2,7-10,12-13,16,18H2,1H3,(H,31,36,37). The number of nitrogens with one attached hydrogen (secondary N) is 1. The van der Waals surface area contributed by atoms with E-state index in [0.717, 1.165) is 55.8 Å². The van der Waals surface area contributed by atoms with Gasteiger partial charge in [0.25, 0.3) is 5.91 Å². The van der Waals surface area contributed by atoms with Crippen LogP contribution >= 0.6 is 0 Å². The van der Waals surface area contributed by atoms with Crippen LogP contribution in [0.2, 0.25) is 0 Å². The van der Waals surface area contributed by atoms with E-state index in [2.05, 4.69) is 46.5 Å². The van der Waals surface area contributed by atoms with Crippen molar-refractivity contribution in [2.75, 3.05) is 13.1 Å². The number of hydrogen-bond donors (Lipinski definition) is 1. The lowest BCUT2D eigenvalue weighted by molar-refractivity contribution is -0.136. The number of rotatable bonds is 6. The molecule has 9 heteroatoms. The zero-order valence-electron chi connectivity index (χ0n) is 21.6. The number of nitrogens with zero attached hydrogens (tertiary/aromatic N) is 5. The first kappa shape index (κ1) is 24.5. The topological polar surface area (TPSA) is 100 Å². The number of carbonyl (C=O) groups excluding carboxylic acids is 3. The van der Waals surface area contributed by atoms with Gasteiger partial charge in [-0.25, -0.2) is 0 Å². The maximum absolute atomic E-state index is 13.0. The lowest BCUT2D eigenvalue weighted by Gasteiger charge is -2.32. The molecule has 3 aromatic rings. The van der Waals surface area contributed by atoms with E-state index in [0.29, 0.717) is 24.4 Å². The highest BCUT2D eigenvalue weighted by Crippen LogP contribution is 2.34. The molecule has 0 radical (unpaired) electrons. The lowest BCUT2D eigenvalue weighted by Crippen LogP contribution is -2.52. The molecule has 1 atom stereocenters. The summed E-state index contributed by atoms with van der Waals surface area (Å²) in [6, 6.07) is 9.59. The molecular weight excluding hydrogens is 480 g/mol. The number of aryl methyl sites for hydroxylation is 1. The fourth-order valence-electron chi connectivity index (χ4n) is 6.00. The first-order valence-electron chi connectivity index (χ1n) is 13.5. The molecule has 38 heavy (non-hydrogen) atoms. The van der Waals surface area contributed by atoms with Crippen LogP contribution in [0.4, 0.5) is 0 Å². The summed E-state index contributed by atoms with van der Waals surface area (Å²) in [5, 5.41) is 7.16. The number of carbonyl (C=O) groups is 3. The van der Waals surface area contributed by atoms with Crippen LogP contribution in [0.25, 0.3) is 11.3 Å². The van der Waals surface area contributed by atoms with Gasteiger partial charge in [-0.3, -0.25) is 34.3 Å². The summed E-state index contributed by atoms with van der Waals surface area (Å²) in [5.41, 5.74) is 6.19. The number of pyridine rings is 1. The molecule has 0 spiro atoms. The van der Waals surface area contributed by atoms with Crippen molar-refractivity contribution < 1.29 is 14.4 Å². The van der Waals surface area contributed by atoms with Gasteiger partial charge in [-0.05, 0) is 74.5 Å². The molecule has 2 fully saturated rings. The van der Waals surface area contributed by atoms with Gasteiger partial charge in [0.1, 0.15) is 6.04 Å². The van der Waals surface area contributed by atoms with Gasteiger partial charge in [0, 0.05) is 61.3 Å². The minimum absolute atomic E-state index is 0.118. The third-order valence-corrected chi connectivity index (χ3v) is 8.10. The normalized spacial score (nSPS) is 20.6. The van der Waals surface area contributed by atoms with Gasteiger partial charge >= 0.3 is 0 Å². The molecule has 0 bridgehead atoms. The maximum atomic E-state index is 13.0. The molecule has 0 aliphatic carbocycles. The molecule has 2 aromatic heterocycles. The number of piperidine rings is 2. The highest BCUT2D eigenvalue weighted by atomic mass is 16.2. The van der Waals surface area contributed by atoms with Crippen molar-refractivity contribution in [1.29, 1.82) is 0 Å². The summed E-state index contributed by atoms with van der Waals surface area (Å²) in [6.07, 6.45) is 8.56. The number of amides is 3. The highest BCUT2D eigenvalue weighted by molar-refractivity contribution is 6.05. The zero-order chi connectivity index (χ0) is 26.2. The van der Waals surface area contributed by atoms with E-state index in [9.17, 15) is 14.4 Å². The van der Waals surface area contributed by atoms with Gasteiger partial charge in [0.15, 0.2) is 0 Å². The van der Waals surface area contributed by atoms with E-state index in [1.807, 2.05) is 23.0 Å². The van der Waals surface area contributed by atoms with Crippen LogP contribution in [0.5, 0.6) is 0 Å². The predicted octanol–water partition coefficient (Wildman–Crippen LogP) is 3.11. The molecule has 3 aliphatic rings. The number of aromatic nitrogens is 3. The van der Waals surface area contributed by atoms with Gasteiger partial charge in [0.2, 0.25) is 11.8 Å². The number of fused-ring (bicyclic) bond motifs is 1. The molecule has 3 aliphatic heterocycles. The van der Waals surface area contributed by atoms with E-state index in [1.165, 1.54) is 11.1 Å². The monoisotopic (exact) mass is 512 g/mol.